The number of thiocarbonyl (C=S) groups is 1. The third-order valence-corrected chi connectivity index (χ3v) is 3.78. The molecule has 2 aromatic carbocycles. The van der Waals surface area contributed by atoms with Crippen LogP contribution in [0.15, 0.2) is 36.4 Å². The van der Waals surface area contributed by atoms with Crippen LogP contribution in [-0.2, 0) is 0 Å². The minimum Gasteiger partial charge on any atom is -0.356 e. The molecule has 0 amide bonds. The highest BCUT2D eigenvalue weighted by Crippen LogP contribution is 2.17. The van der Waals surface area contributed by atoms with E-state index < -0.39 is 11.6 Å². The number of aryl methyl sites for hydroxylation is 2. The van der Waals surface area contributed by atoms with E-state index in [0.29, 0.717) is 10.7 Å². The zero-order valence-corrected chi connectivity index (χ0v) is 13.5. The van der Waals surface area contributed by atoms with Crippen LogP contribution >= 0.6 is 12.2 Å². The van der Waals surface area contributed by atoms with Crippen molar-refractivity contribution in [3.05, 3.63) is 64.7 Å². The smallest absolute Gasteiger partial charge is 0.171 e. The van der Waals surface area contributed by atoms with Crippen molar-refractivity contribution in [2.75, 3.05) is 5.32 Å². The van der Waals surface area contributed by atoms with Crippen molar-refractivity contribution >= 4 is 23.0 Å². The highest BCUT2D eigenvalue weighted by Gasteiger charge is 2.10. The van der Waals surface area contributed by atoms with Crippen LogP contribution < -0.4 is 10.6 Å². The lowest BCUT2D eigenvalue weighted by Gasteiger charge is -2.18. The number of anilines is 1. The molecule has 2 nitrogen and oxygen atoms in total. The largest absolute Gasteiger partial charge is 0.356 e. The third kappa shape index (κ3) is 4.01. The van der Waals surface area contributed by atoms with Crippen LogP contribution in [0.1, 0.15) is 29.7 Å². The molecule has 0 aromatic heterocycles. The summed E-state index contributed by atoms with van der Waals surface area (Å²) in [6, 6.07) is 9.55. The van der Waals surface area contributed by atoms with Gasteiger partial charge in [-0.3, -0.25) is 0 Å². The number of rotatable bonds is 3. The molecule has 2 rings (SSSR count). The van der Waals surface area contributed by atoms with E-state index in [4.69, 9.17) is 12.2 Å². The zero-order chi connectivity index (χ0) is 16.3. The first kappa shape index (κ1) is 16.4. The molecule has 0 bridgehead atoms. The molecule has 0 radical (unpaired) electrons. The van der Waals surface area contributed by atoms with Crippen molar-refractivity contribution in [2.24, 2.45) is 0 Å². The number of hydrogen-bond donors (Lipinski definition) is 2. The van der Waals surface area contributed by atoms with Crippen LogP contribution in [0.3, 0.4) is 0 Å². The fourth-order valence-electron chi connectivity index (χ4n) is 2.05. The van der Waals surface area contributed by atoms with Crippen molar-refractivity contribution in [3.63, 3.8) is 0 Å². The Morgan fingerprint density at radius 1 is 1.00 bits per heavy atom. The van der Waals surface area contributed by atoms with E-state index >= 15 is 0 Å². The average Bonchev–Trinajstić information content (AvgIpc) is 2.45. The monoisotopic (exact) mass is 320 g/mol. The molecule has 5 heteroatoms. The summed E-state index contributed by atoms with van der Waals surface area (Å²) >= 11 is 5.26. The Morgan fingerprint density at radius 3 is 2.36 bits per heavy atom. The molecule has 1 atom stereocenters. The van der Waals surface area contributed by atoms with E-state index in [1.807, 2.05) is 39.0 Å². The van der Waals surface area contributed by atoms with Crippen molar-refractivity contribution in [3.8, 4) is 0 Å². The Hall–Kier alpha value is -2.01. The molecule has 2 N–H and O–H groups in total. The van der Waals surface area contributed by atoms with Gasteiger partial charge in [0.15, 0.2) is 16.7 Å². The molecule has 0 aliphatic heterocycles. The van der Waals surface area contributed by atoms with Gasteiger partial charge in [-0.25, -0.2) is 8.78 Å². The molecule has 2 aromatic rings. The predicted molar refractivity (Wildman–Crippen MR) is 90.0 cm³/mol. The highest BCUT2D eigenvalue weighted by molar-refractivity contribution is 7.80. The molecule has 0 aliphatic carbocycles. The number of benzene rings is 2. The first-order chi connectivity index (χ1) is 10.4. The zero-order valence-electron chi connectivity index (χ0n) is 12.7. The van der Waals surface area contributed by atoms with Crippen LogP contribution in [0.4, 0.5) is 14.5 Å². The summed E-state index contributed by atoms with van der Waals surface area (Å²) in [5.41, 5.74) is 3.89. The molecule has 0 saturated heterocycles. The first-order valence-corrected chi connectivity index (χ1v) is 7.37. The Kier molecular flexibility index (Phi) is 5.08. The van der Waals surface area contributed by atoms with Crippen LogP contribution in [0.2, 0.25) is 0 Å². The van der Waals surface area contributed by atoms with Gasteiger partial charge in [0.05, 0.1) is 6.04 Å². The van der Waals surface area contributed by atoms with Crippen molar-refractivity contribution in [1.29, 1.82) is 0 Å². The summed E-state index contributed by atoms with van der Waals surface area (Å²) in [5, 5.41) is 6.58. The van der Waals surface area contributed by atoms with E-state index in [2.05, 4.69) is 10.6 Å². The Labute approximate surface area is 134 Å². The second-order valence-corrected chi connectivity index (χ2v) is 5.70. The van der Waals surface area contributed by atoms with Crippen LogP contribution in [0.25, 0.3) is 0 Å². The summed E-state index contributed by atoms with van der Waals surface area (Å²) in [5.74, 6) is -1.72. The topological polar surface area (TPSA) is 24.1 Å². The SMILES string of the molecule is Cc1ccc(NC(=S)N[C@@H](C)c2ccc(F)c(F)c2)cc1C. The van der Waals surface area contributed by atoms with Gasteiger partial charge in [0.1, 0.15) is 0 Å². The van der Waals surface area contributed by atoms with Gasteiger partial charge < -0.3 is 10.6 Å². The third-order valence-electron chi connectivity index (χ3n) is 3.56. The predicted octanol–water partition coefficient (Wildman–Crippen LogP) is 4.63. The van der Waals surface area contributed by atoms with Gasteiger partial charge in [0.25, 0.3) is 0 Å². The highest BCUT2D eigenvalue weighted by atomic mass is 32.1. The van der Waals surface area contributed by atoms with Crippen LogP contribution in [0, 0.1) is 25.5 Å². The minimum atomic E-state index is -0.862. The molecular formula is C17H18F2N2S. The van der Waals surface area contributed by atoms with Crippen LogP contribution in [-0.4, -0.2) is 5.11 Å². The van der Waals surface area contributed by atoms with Gasteiger partial charge in [-0.05, 0) is 73.9 Å². The van der Waals surface area contributed by atoms with Gasteiger partial charge in [-0.1, -0.05) is 12.1 Å². The summed E-state index contributed by atoms with van der Waals surface area (Å²) in [7, 11) is 0. The Balaban J connectivity index is 2.01. The first-order valence-electron chi connectivity index (χ1n) is 6.96. The average molecular weight is 320 g/mol. The minimum absolute atomic E-state index is 0.235. The van der Waals surface area contributed by atoms with Crippen molar-refractivity contribution < 1.29 is 8.78 Å². The molecule has 0 heterocycles. The molecule has 0 aliphatic rings. The fraction of sp³-hybridized carbons (Fsp3) is 0.235. The number of halogens is 2. The summed E-state index contributed by atoms with van der Waals surface area (Å²) in [6.45, 7) is 5.91. The molecule has 0 unspecified atom stereocenters. The maximum atomic E-state index is 13.3. The fourth-order valence-corrected chi connectivity index (χ4v) is 2.34. The summed E-state index contributed by atoms with van der Waals surface area (Å²) in [6.07, 6.45) is 0. The normalized spacial score (nSPS) is 11.9. The maximum Gasteiger partial charge on any atom is 0.171 e. The Bertz CT molecular complexity index is 701. The van der Waals surface area contributed by atoms with E-state index in [1.165, 1.54) is 23.3 Å². The molecule has 116 valence electrons. The van der Waals surface area contributed by atoms with Crippen molar-refractivity contribution in [2.45, 2.75) is 26.8 Å². The molecule has 22 heavy (non-hydrogen) atoms. The Morgan fingerprint density at radius 2 is 1.73 bits per heavy atom. The lowest BCUT2D eigenvalue weighted by atomic mass is 10.1. The van der Waals surface area contributed by atoms with Gasteiger partial charge >= 0.3 is 0 Å². The number of nitrogens with one attached hydrogen (secondary N) is 2. The van der Waals surface area contributed by atoms with E-state index in [-0.39, 0.29) is 6.04 Å². The second-order valence-electron chi connectivity index (χ2n) is 5.29. The maximum absolute atomic E-state index is 13.3. The van der Waals surface area contributed by atoms with Gasteiger partial charge in [-0.15, -0.1) is 0 Å². The molecule has 0 spiro atoms. The van der Waals surface area contributed by atoms with E-state index in [1.54, 1.807) is 0 Å². The standard InChI is InChI=1S/C17H18F2N2S/c1-10-4-6-14(8-11(10)2)21-17(22)20-12(3)13-5-7-15(18)16(19)9-13/h4-9,12H,1-3H3,(H2,20,21,22)/t12-/m0/s1. The quantitative estimate of drug-likeness (QED) is 0.806. The number of hydrogen-bond acceptors (Lipinski definition) is 1. The van der Waals surface area contributed by atoms with Gasteiger partial charge in [0, 0.05) is 5.69 Å². The van der Waals surface area contributed by atoms with Gasteiger partial charge in [-0.2, -0.15) is 0 Å². The van der Waals surface area contributed by atoms with E-state index in [9.17, 15) is 8.78 Å². The summed E-state index contributed by atoms with van der Waals surface area (Å²) < 4.78 is 26.2. The van der Waals surface area contributed by atoms with Gasteiger partial charge in [0.2, 0.25) is 0 Å². The second kappa shape index (κ2) is 6.83. The molecular weight excluding hydrogens is 302 g/mol. The molecule has 0 fully saturated rings. The lowest BCUT2D eigenvalue weighted by Crippen LogP contribution is -2.31. The summed E-state index contributed by atoms with van der Waals surface area (Å²) in [4.78, 5) is 0. The lowest BCUT2D eigenvalue weighted by molar-refractivity contribution is 0.505. The van der Waals surface area contributed by atoms with E-state index in [0.717, 1.165) is 11.8 Å². The van der Waals surface area contributed by atoms with Crippen molar-refractivity contribution in [1.82, 2.24) is 5.32 Å². The van der Waals surface area contributed by atoms with Crippen LogP contribution in [0.5, 0.6) is 0 Å². The molecule has 0 saturated carbocycles.